The first-order valence-electron chi connectivity index (χ1n) is 8.75. The quantitative estimate of drug-likeness (QED) is 0.789. The van der Waals surface area contributed by atoms with Crippen LogP contribution >= 0.6 is 0 Å². The molecule has 0 aromatic rings. The van der Waals surface area contributed by atoms with Gasteiger partial charge in [0.1, 0.15) is 0 Å². The lowest BCUT2D eigenvalue weighted by Gasteiger charge is -2.49. The van der Waals surface area contributed by atoms with Gasteiger partial charge in [-0.25, -0.2) is 0 Å². The molecule has 2 bridgehead atoms. The van der Waals surface area contributed by atoms with Crippen LogP contribution in [0.25, 0.3) is 0 Å². The van der Waals surface area contributed by atoms with Crippen molar-refractivity contribution in [2.45, 2.75) is 89.8 Å². The Morgan fingerprint density at radius 2 is 1.79 bits per heavy atom. The van der Waals surface area contributed by atoms with Gasteiger partial charge in [0.05, 0.1) is 0 Å². The summed E-state index contributed by atoms with van der Waals surface area (Å²) in [5.41, 5.74) is 0.713. The van der Waals surface area contributed by atoms with Crippen LogP contribution in [-0.2, 0) is 0 Å². The molecule has 0 aromatic heterocycles. The number of rotatable bonds is 6. The number of piperidine rings is 1. The molecule has 1 N–H and O–H groups in total. The number of hydrogen-bond donors (Lipinski definition) is 1. The highest BCUT2D eigenvalue weighted by Gasteiger charge is 2.45. The minimum atomic E-state index is 0.713. The van der Waals surface area contributed by atoms with Gasteiger partial charge in [-0.2, -0.15) is 0 Å². The van der Waals surface area contributed by atoms with Gasteiger partial charge in [0.15, 0.2) is 0 Å². The Hall–Kier alpha value is -0.0800. The molecule has 110 valence electrons. The zero-order valence-electron chi connectivity index (χ0n) is 13.0. The van der Waals surface area contributed by atoms with E-state index in [-0.39, 0.29) is 0 Å². The van der Waals surface area contributed by atoms with Gasteiger partial charge in [0, 0.05) is 24.7 Å². The molecule has 0 aromatic carbocycles. The summed E-state index contributed by atoms with van der Waals surface area (Å²) in [5, 5.41) is 3.77. The molecule has 1 saturated carbocycles. The smallest absolute Gasteiger partial charge is 0.0114 e. The monoisotopic (exact) mass is 264 g/mol. The summed E-state index contributed by atoms with van der Waals surface area (Å²) in [6.45, 7) is 7.32. The van der Waals surface area contributed by atoms with Crippen LogP contribution < -0.4 is 5.32 Å². The second-order valence-electron chi connectivity index (χ2n) is 7.39. The minimum absolute atomic E-state index is 0.713. The molecule has 3 aliphatic rings. The van der Waals surface area contributed by atoms with E-state index in [1.54, 1.807) is 0 Å². The third kappa shape index (κ3) is 2.71. The number of hydrogen-bond acceptors (Lipinski definition) is 2. The summed E-state index contributed by atoms with van der Waals surface area (Å²) < 4.78 is 0. The molecule has 3 rings (SSSR count). The van der Waals surface area contributed by atoms with E-state index in [0.717, 1.165) is 18.1 Å². The summed E-state index contributed by atoms with van der Waals surface area (Å²) >= 11 is 0. The van der Waals surface area contributed by atoms with Crippen molar-refractivity contribution in [1.29, 1.82) is 0 Å². The maximum Gasteiger partial charge on any atom is 0.0114 e. The van der Waals surface area contributed by atoms with E-state index < -0.39 is 0 Å². The second kappa shape index (κ2) is 5.73. The van der Waals surface area contributed by atoms with E-state index in [9.17, 15) is 0 Å². The van der Waals surface area contributed by atoms with Crippen molar-refractivity contribution < 1.29 is 0 Å². The van der Waals surface area contributed by atoms with Gasteiger partial charge in [0.2, 0.25) is 0 Å². The van der Waals surface area contributed by atoms with Gasteiger partial charge in [-0.15, -0.1) is 0 Å². The van der Waals surface area contributed by atoms with Crippen molar-refractivity contribution in [3.8, 4) is 0 Å². The maximum atomic E-state index is 3.77. The van der Waals surface area contributed by atoms with Crippen molar-refractivity contribution in [3.63, 3.8) is 0 Å². The van der Waals surface area contributed by atoms with Crippen LogP contribution in [0.3, 0.4) is 0 Å². The van der Waals surface area contributed by atoms with Crippen molar-refractivity contribution in [2.24, 2.45) is 5.41 Å². The first-order chi connectivity index (χ1) is 9.26. The molecule has 1 aliphatic carbocycles. The molecule has 0 radical (unpaired) electrons. The number of nitrogens with zero attached hydrogens (tertiary/aromatic N) is 1. The lowest BCUT2D eigenvalue weighted by atomic mass is 9.66. The van der Waals surface area contributed by atoms with Gasteiger partial charge < -0.3 is 5.32 Å². The predicted octanol–water partition coefficient (Wildman–Crippen LogP) is 3.56. The summed E-state index contributed by atoms with van der Waals surface area (Å²) in [6, 6.07) is 2.61. The predicted molar refractivity (Wildman–Crippen MR) is 81.4 cm³/mol. The normalized spacial score (nSPS) is 37.3. The summed E-state index contributed by atoms with van der Waals surface area (Å²) in [6.07, 6.45) is 12.9. The van der Waals surface area contributed by atoms with Crippen LogP contribution in [0.15, 0.2) is 0 Å². The average molecular weight is 264 g/mol. The van der Waals surface area contributed by atoms with E-state index in [0.29, 0.717) is 5.41 Å². The highest BCUT2D eigenvalue weighted by atomic mass is 15.2. The second-order valence-corrected chi connectivity index (χ2v) is 7.39. The van der Waals surface area contributed by atoms with Gasteiger partial charge >= 0.3 is 0 Å². The molecule has 0 spiro atoms. The number of nitrogens with one attached hydrogen (secondary N) is 1. The molecular formula is C17H32N2. The fourth-order valence-corrected chi connectivity index (χ4v) is 4.73. The third-order valence-corrected chi connectivity index (χ3v) is 6.25. The highest BCUT2D eigenvalue weighted by molar-refractivity contribution is 5.01. The molecule has 2 unspecified atom stereocenters. The van der Waals surface area contributed by atoms with Gasteiger partial charge in [-0.1, -0.05) is 20.3 Å². The molecule has 2 heterocycles. The summed E-state index contributed by atoms with van der Waals surface area (Å²) in [7, 11) is 0. The Bertz CT molecular complexity index is 278. The number of fused-ring (bicyclic) bond motifs is 2. The molecule has 2 aliphatic heterocycles. The Morgan fingerprint density at radius 1 is 1.11 bits per heavy atom. The molecular weight excluding hydrogens is 232 g/mol. The standard InChI is InChI=1S/C17H32N2/c1-3-10-18-14-11-15-6-7-16(12-14)19(15)13-17(4-2)8-5-9-17/h14-16,18H,3-13H2,1-2H3. The largest absolute Gasteiger partial charge is 0.314 e. The third-order valence-electron chi connectivity index (χ3n) is 6.25. The Labute approximate surface area is 119 Å². The lowest BCUT2D eigenvalue weighted by molar-refractivity contribution is 0.0147. The van der Waals surface area contributed by atoms with Crippen LogP contribution in [0.5, 0.6) is 0 Å². The molecule has 0 amide bonds. The SMILES string of the molecule is CCCNC1CC2CCC(C1)N2CC1(CC)CCC1. The van der Waals surface area contributed by atoms with Gasteiger partial charge in [-0.05, 0) is 63.3 Å². The zero-order valence-corrected chi connectivity index (χ0v) is 13.0. The molecule has 2 nitrogen and oxygen atoms in total. The summed E-state index contributed by atoms with van der Waals surface area (Å²) in [4.78, 5) is 2.92. The maximum absolute atomic E-state index is 3.77. The topological polar surface area (TPSA) is 15.3 Å². The first kappa shape index (κ1) is 13.9. The van der Waals surface area contributed by atoms with Crippen LogP contribution in [0.1, 0.15) is 71.6 Å². The van der Waals surface area contributed by atoms with E-state index in [4.69, 9.17) is 0 Å². The average Bonchev–Trinajstić information content (AvgIpc) is 2.61. The van der Waals surface area contributed by atoms with Crippen molar-refractivity contribution >= 4 is 0 Å². The first-order valence-corrected chi connectivity index (χ1v) is 8.75. The molecule has 2 saturated heterocycles. The highest BCUT2D eigenvalue weighted by Crippen LogP contribution is 2.47. The fraction of sp³-hybridized carbons (Fsp3) is 1.00. The molecule has 2 heteroatoms. The minimum Gasteiger partial charge on any atom is -0.314 e. The van der Waals surface area contributed by atoms with Crippen LogP contribution in [-0.4, -0.2) is 36.1 Å². The van der Waals surface area contributed by atoms with E-state index in [1.165, 1.54) is 70.9 Å². The Morgan fingerprint density at radius 3 is 2.26 bits per heavy atom. The Balaban J connectivity index is 1.57. The summed E-state index contributed by atoms with van der Waals surface area (Å²) in [5.74, 6) is 0. The van der Waals surface area contributed by atoms with Crippen molar-refractivity contribution in [1.82, 2.24) is 10.2 Å². The van der Waals surface area contributed by atoms with Crippen LogP contribution in [0.4, 0.5) is 0 Å². The van der Waals surface area contributed by atoms with E-state index in [1.807, 2.05) is 0 Å². The van der Waals surface area contributed by atoms with Gasteiger partial charge in [-0.3, -0.25) is 4.90 Å². The lowest BCUT2D eigenvalue weighted by Crippen LogP contribution is -2.53. The molecule has 2 atom stereocenters. The van der Waals surface area contributed by atoms with Crippen molar-refractivity contribution in [3.05, 3.63) is 0 Å². The zero-order chi connectivity index (χ0) is 13.3. The van der Waals surface area contributed by atoms with E-state index >= 15 is 0 Å². The molecule has 3 fully saturated rings. The Kier molecular flexibility index (Phi) is 4.19. The fourth-order valence-electron chi connectivity index (χ4n) is 4.73. The van der Waals surface area contributed by atoms with Crippen molar-refractivity contribution in [2.75, 3.05) is 13.1 Å². The molecule has 19 heavy (non-hydrogen) atoms. The van der Waals surface area contributed by atoms with Gasteiger partial charge in [0.25, 0.3) is 0 Å². The van der Waals surface area contributed by atoms with Crippen LogP contribution in [0.2, 0.25) is 0 Å². The van der Waals surface area contributed by atoms with Crippen LogP contribution in [0, 0.1) is 5.41 Å². The van der Waals surface area contributed by atoms with E-state index in [2.05, 4.69) is 24.1 Å².